The number of carbonyl (C=O) groups is 1. The lowest BCUT2D eigenvalue weighted by Gasteiger charge is -2.12. The molecule has 0 heterocycles. The average Bonchev–Trinajstić information content (AvgIpc) is 2.32. The number of anilines is 1. The van der Waals surface area contributed by atoms with Gasteiger partial charge >= 0.3 is 0 Å². The molecule has 0 aromatic heterocycles. The van der Waals surface area contributed by atoms with Crippen LogP contribution in [0.2, 0.25) is 0 Å². The first-order valence-corrected chi connectivity index (χ1v) is 6.40. The number of hydrogen-bond donors (Lipinski definition) is 2. The molecule has 100 valence electrons. The summed E-state index contributed by atoms with van der Waals surface area (Å²) in [4.78, 5) is 11.7. The molecule has 1 atom stereocenters. The topological polar surface area (TPSA) is 55.1 Å². The molecule has 0 aliphatic heterocycles. The van der Waals surface area contributed by atoms with Crippen molar-refractivity contribution in [2.45, 2.75) is 19.8 Å². The SMILES string of the molecule is CC(CCCN)C(=O)Nc1cc(Br)c(F)cc1F. The van der Waals surface area contributed by atoms with Crippen LogP contribution >= 0.6 is 15.9 Å². The first-order chi connectivity index (χ1) is 8.45. The Morgan fingerprint density at radius 1 is 1.44 bits per heavy atom. The number of nitrogens with one attached hydrogen (secondary N) is 1. The number of amides is 1. The molecule has 1 aromatic rings. The van der Waals surface area contributed by atoms with Crippen LogP contribution in [-0.4, -0.2) is 12.5 Å². The van der Waals surface area contributed by atoms with Crippen LogP contribution in [0, 0.1) is 17.6 Å². The Balaban J connectivity index is 2.72. The van der Waals surface area contributed by atoms with E-state index in [2.05, 4.69) is 21.2 Å². The monoisotopic (exact) mass is 320 g/mol. The molecule has 0 radical (unpaired) electrons. The lowest BCUT2D eigenvalue weighted by molar-refractivity contribution is -0.119. The van der Waals surface area contributed by atoms with Gasteiger partial charge in [0.25, 0.3) is 0 Å². The van der Waals surface area contributed by atoms with E-state index < -0.39 is 11.6 Å². The van der Waals surface area contributed by atoms with Gasteiger partial charge in [0.1, 0.15) is 11.6 Å². The van der Waals surface area contributed by atoms with Crippen molar-refractivity contribution in [3.63, 3.8) is 0 Å². The zero-order valence-electron chi connectivity index (χ0n) is 9.97. The fourth-order valence-electron chi connectivity index (χ4n) is 1.43. The molecule has 0 fully saturated rings. The number of rotatable bonds is 5. The number of carbonyl (C=O) groups excluding carboxylic acids is 1. The summed E-state index contributed by atoms with van der Waals surface area (Å²) in [5.41, 5.74) is 5.32. The highest BCUT2D eigenvalue weighted by Gasteiger charge is 2.15. The highest BCUT2D eigenvalue weighted by molar-refractivity contribution is 9.10. The van der Waals surface area contributed by atoms with Crippen molar-refractivity contribution in [2.75, 3.05) is 11.9 Å². The first-order valence-electron chi connectivity index (χ1n) is 5.61. The predicted octanol–water partition coefficient (Wildman–Crippen LogP) is 3.04. The summed E-state index contributed by atoms with van der Waals surface area (Å²) in [6.45, 7) is 2.25. The van der Waals surface area contributed by atoms with Crippen molar-refractivity contribution in [3.8, 4) is 0 Å². The third-order valence-corrected chi connectivity index (χ3v) is 3.16. The Kier molecular flexibility index (Phi) is 5.68. The summed E-state index contributed by atoms with van der Waals surface area (Å²) in [6, 6.07) is 1.93. The van der Waals surface area contributed by atoms with E-state index in [1.54, 1.807) is 6.92 Å². The molecule has 0 saturated heterocycles. The van der Waals surface area contributed by atoms with Crippen LogP contribution in [0.15, 0.2) is 16.6 Å². The minimum Gasteiger partial charge on any atom is -0.330 e. The summed E-state index contributed by atoms with van der Waals surface area (Å²) in [7, 11) is 0. The van der Waals surface area contributed by atoms with Crippen LogP contribution in [0.4, 0.5) is 14.5 Å². The van der Waals surface area contributed by atoms with Crippen molar-refractivity contribution in [1.82, 2.24) is 0 Å². The van der Waals surface area contributed by atoms with Crippen molar-refractivity contribution >= 4 is 27.5 Å². The van der Waals surface area contributed by atoms with E-state index in [4.69, 9.17) is 5.73 Å². The molecule has 0 aliphatic rings. The van der Waals surface area contributed by atoms with Crippen molar-refractivity contribution in [2.24, 2.45) is 11.7 Å². The van der Waals surface area contributed by atoms with Gasteiger partial charge in [-0.3, -0.25) is 4.79 Å². The molecule has 1 unspecified atom stereocenters. The molecule has 0 aliphatic carbocycles. The van der Waals surface area contributed by atoms with Crippen LogP contribution in [0.25, 0.3) is 0 Å². The van der Waals surface area contributed by atoms with Crippen LogP contribution in [0.3, 0.4) is 0 Å². The second kappa shape index (κ2) is 6.80. The normalized spacial score (nSPS) is 12.3. The third kappa shape index (κ3) is 4.03. The minimum absolute atomic E-state index is 0.0344. The lowest BCUT2D eigenvalue weighted by Crippen LogP contribution is -2.21. The van der Waals surface area contributed by atoms with Crippen molar-refractivity contribution in [1.29, 1.82) is 0 Å². The van der Waals surface area contributed by atoms with Crippen molar-refractivity contribution < 1.29 is 13.6 Å². The van der Waals surface area contributed by atoms with Gasteiger partial charge < -0.3 is 11.1 Å². The molecule has 0 saturated carbocycles. The molecule has 18 heavy (non-hydrogen) atoms. The number of halogens is 3. The Morgan fingerprint density at radius 3 is 2.72 bits per heavy atom. The van der Waals surface area contributed by atoms with Gasteiger partial charge in [0.2, 0.25) is 5.91 Å². The van der Waals surface area contributed by atoms with E-state index in [1.165, 1.54) is 6.07 Å². The number of benzene rings is 1. The maximum absolute atomic E-state index is 13.4. The van der Waals surface area contributed by atoms with Gasteiger partial charge in [-0.25, -0.2) is 8.78 Å². The summed E-state index contributed by atoms with van der Waals surface area (Å²) in [6.07, 6.45) is 1.36. The molecule has 0 spiro atoms. The van der Waals surface area contributed by atoms with Gasteiger partial charge in [-0.05, 0) is 41.4 Å². The zero-order valence-corrected chi connectivity index (χ0v) is 11.6. The van der Waals surface area contributed by atoms with E-state index in [9.17, 15) is 13.6 Å². The second-order valence-electron chi connectivity index (χ2n) is 4.07. The Hall–Kier alpha value is -1.01. The molecule has 3 N–H and O–H groups in total. The van der Waals surface area contributed by atoms with Gasteiger partial charge in [-0.2, -0.15) is 0 Å². The molecule has 0 bridgehead atoms. The zero-order chi connectivity index (χ0) is 13.7. The molecule has 1 rings (SSSR count). The van der Waals surface area contributed by atoms with E-state index in [0.29, 0.717) is 13.0 Å². The van der Waals surface area contributed by atoms with Gasteiger partial charge in [0, 0.05) is 12.0 Å². The highest BCUT2D eigenvalue weighted by Crippen LogP contribution is 2.24. The predicted molar refractivity (Wildman–Crippen MR) is 70.1 cm³/mol. The standard InChI is InChI=1S/C12H15BrF2N2O/c1-7(3-2-4-16)12(18)17-11-5-8(13)9(14)6-10(11)15/h5-7H,2-4,16H2,1H3,(H,17,18). The molecule has 1 amide bonds. The molecule has 3 nitrogen and oxygen atoms in total. The fourth-order valence-corrected chi connectivity index (χ4v) is 1.77. The fraction of sp³-hybridized carbons (Fsp3) is 0.417. The third-order valence-electron chi connectivity index (χ3n) is 2.56. The number of hydrogen-bond acceptors (Lipinski definition) is 2. The Labute approximate surface area is 113 Å². The quantitative estimate of drug-likeness (QED) is 0.819. The van der Waals surface area contributed by atoms with Crippen molar-refractivity contribution in [3.05, 3.63) is 28.2 Å². The largest absolute Gasteiger partial charge is 0.330 e. The van der Waals surface area contributed by atoms with E-state index in [1.807, 2.05) is 0 Å². The van der Waals surface area contributed by atoms with Gasteiger partial charge in [-0.1, -0.05) is 6.92 Å². The van der Waals surface area contributed by atoms with E-state index in [0.717, 1.165) is 12.5 Å². The maximum Gasteiger partial charge on any atom is 0.227 e. The lowest BCUT2D eigenvalue weighted by atomic mass is 10.0. The summed E-state index contributed by atoms with van der Waals surface area (Å²) < 4.78 is 26.5. The molecular weight excluding hydrogens is 306 g/mol. The number of nitrogens with two attached hydrogens (primary N) is 1. The molecular formula is C12H15BrF2N2O. The highest BCUT2D eigenvalue weighted by atomic mass is 79.9. The molecule has 6 heteroatoms. The van der Waals surface area contributed by atoms with Gasteiger partial charge in [-0.15, -0.1) is 0 Å². The summed E-state index contributed by atoms with van der Waals surface area (Å²) >= 11 is 2.94. The second-order valence-corrected chi connectivity index (χ2v) is 4.92. The first kappa shape index (κ1) is 15.0. The average molecular weight is 321 g/mol. The van der Waals surface area contributed by atoms with Gasteiger partial charge in [0.05, 0.1) is 10.2 Å². The molecule has 1 aromatic carbocycles. The van der Waals surface area contributed by atoms with Crippen LogP contribution in [-0.2, 0) is 4.79 Å². The minimum atomic E-state index is -0.796. The van der Waals surface area contributed by atoms with E-state index in [-0.39, 0.29) is 22.0 Å². The maximum atomic E-state index is 13.4. The van der Waals surface area contributed by atoms with Gasteiger partial charge in [0.15, 0.2) is 0 Å². The smallest absolute Gasteiger partial charge is 0.227 e. The van der Waals surface area contributed by atoms with Crippen LogP contribution in [0.1, 0.15) is 19.8 Å². The Morgan fingerprint density at radius 2 is 2.11 bits per heavy atom. The Bertz CT molecular complexity index is 440. The summed E-state index contributed by atoms with van der Waals surface area (Å²) in [5, 5.41) is 2.44. The van der Waals surface area contributed by atoms with E-state index >= 15 is 0 Å². The van der Waals surface area contributed by atoms with Crippen LogP contribution in [0.5, 0.6) is 0 Å². The van der Waals surface area contributed by atoms with Crippen LogP contribution < -0.4 is 11.1 Å². The summed E-state index contributed by atoms with van der Waals surface area (Å²) in [5.74, 6) is -2.07.